The van der Waals surface area contributed by atoms with E-state index in [4.69, 9.17) is 5.11 Å². The Bertz CT molecular complexity index is 246. The highest BCUT2D eigenvalue weighted by atomic mass is 79.9. The second-order valence-corrected chi connectivity index (χ2v) is 2.60. The van der Waals surface area contributed by atoms with Crippen LogP contribution in [0, 0.1) is 0 Å². The van der Waals surface area contributed by atoms with Crippen molar-refractivity contribution in [3.05, 3.63) is 16.4 Å². The van der Waals surface area contributed by atoms with Crippen LogP contribution >= 0.6 is 15.9 Å². The summed E-state index contributed by atoms with van der Waals surface area (Å²) in [4.78, 5) is 10.1. The molecule has 10 heavy (non-hydrogen) atoms. The van der Waals surface area contributed by atoms with Crippen molar-refractivity contribution >= 4 is 21.9 Å². The van der Waals surface area contributed by atoms with Gasteiger partial charge in [-0.1, -0.05) is 0 Å². The molecule has 0 unspecified atom stereocenters. The summed E-state index contributed by atoms with van der Waals surface area (Å²) >= 11 is 3.09. The monoisotopic (exact) mass is 204 g/mol. The van der Waals surface area contributed by atoms with Gasteiger partial charge in [-0.05, 0) is 22.0 Å². The Balaban J connectivity index is 2.67. The molecule has 0 saturated heterocycles. The smallest absolute Gasteiger partial charge is 0.309 e. The minimum atomic E-state index is -0.865. The maximum atomic E-state index is 10.1. The number of carbonyl (C=O) groups is 1. The van der Waals surface area contributed by atoms with Crippen LogP contribution in [0.3, 0.4) is 0 Å². The van der Waals surface area contributed by atoms with Crippen molar-refractivity contribution < 1.29 is 9.90 Å². The molecule has 54 valence electrons. The van der Waals surface area contributed by atoms with Crippen LogP contribution < -0.4 is 0 Å². The van der Waals surface area contributed by atoms with Crippen LogP contribution in [0.25, 0.3) is 0 Å². The normalized spacial score (nSPS) is 9.70. The number of carboxylic acid groups (broad SMARTS) is 1. The highest BCUT2D eigenvalue weighted by Gasteiger charge is 2.02. The number of nitrogens with one attached hydrogen (secondary N) is 1. The molecule has 0 fully saturated rings. The van der Waals surface area contributed by atoms with Crippen LogP contribution in [0.2, 0.25) is 0 Å². The molecular formula is C5H5BrN2O2. The van der Waals surface area contributed by atoms with Gasteiger partial charge in [0.1, 0.15) is 4.60 Å². The third kappa shape index (κ3) is 1.84. The van der Waals surface area contributed by atoms with Crippen molar-refractivity contribution in [3.8, 4) is 0 Å². The molecule has 4 nitrogen and oxygen atoms in total. The number of aliphatic carboxylic acids is 1. The maximum absolute atomic E-state index is 10.1. The molecule has 0 aliphatic rings. The standard InChI is InChI=1S/C5H5BrN2O2/c6-4-1-3(7-8-4)2-5(9)10/h1H,2H2,(H,7,8)(H,9,10). The lowest BCUT2D eigenvalue weighted by atomic mass is 10.3. The average molecular weight is 205 g/mol. The summed E-state index contributed by atoms with van der Waals surface area (Å²) in [5, 5.41) is 14.6. The summed E-state index contributed by atoms with van der Waals surface area (Å²) in [6.07, 6.45) is -0.0153. The van der Waals surface area contributed by atoms with Crippen LogP contribution in [0.4, 0.5) is 0 Å². The zero-order valence-electron chi connectivity index (χ0n) is 4.97. The Labute approximate surface area is 65.4 Å². The van der Waals surface area contributed by atoms with Gasteiger partial charge in [0, 0.05) is 5.69 Å². The van der Waals surface area contributed by atoms with E-state index in [0.29, 0.717) is 10.3 Å². The number of hydrogen-bond donors (Lipinski definition) is 2. The highest BCUT2D eigenvalue weighted by molar-refractivity contribution is 9.10. The zero-order valence-corrected chi connectivity index (χ0v) is 6.55. The van der Waals surface area contributed by atoms with Gasteiger partial charge in [-0.25, -0.2) is 0 Å². The van der Waals surface area contributed by atoms with Crippen LogP contribution in [-0.2, 0) is 11.2 Å². The van der Waals surface area contributed by atoms with E-state index in [2.05, 4.69) is 26.1 Å². The minimum absolute atomic E-state index is 0.0153. The number of halogens is 1. The fourth-order valence-electron chi connectivity index (χ4n) is 0.587. The third-order valence-electron chi connectivity index (χ3n) is 0.941. The van der Waals surface area contributed by atoms with Crippen molar-refractivity contribution in [2.75, 3.05) is 0 Å². The number of hydrogen-bond acceptors (Lipinski definition) is 2. The van der Waals surface area contributed by atoms with Crippen LogP contribution in [0.15, 0.2) is 10.7 Å². The molecule has 0 spiro atoms. The Morgan fingerprint density at radius 2 is 2.60 bits per heavy atom. The van der Waals surface area contributed by atoms with E-state index < -0.39 is 5.97 Å². The van der Waals surface area contributed by atoms with Gasteiger partial charge in [0.2, 0.25) is 0 Å². The van der Waals surface area contributed by atoms with E-state index in [1.54, 1.807) is 6.07 Å². The molecule has 1 rings (SSSR count). The summed E-state index contributed by atoms with van der Waals surface area (Å²) in [5.74, 6) is -0.865. The molecule has 0 saturated carbocycles. The summed E-state index contributed by atoms with van der Waals surface area (Å²) in [7, 11) is 0. The molecule has 1 aromatic heterocycles. The Hall–Kier alpha value is -0.840. The SMILES string of the molecule is O=C(O)Cc1cc(Br)n[nH]1. The molecule has 0 amide bonds. The molecule has 1 heterocycles. The number of nitrogens with zero attached hydrogens (tertiary/aromatic N) is 1. The molecular weight excluding hydrogens is 200 g/mol. The van der Waals surface area contributed by atoms with Gasteiger partial charge in [-0.2, -0.15) is 5.10 Å². The van der Waals surface area contributed by atoms with E-state index in [1.807, 2.05) is 0 Å². The van der Waals surface area contributed by atoms with Gasteiger partial charge < -0.3 is 5.11 Å². The van der Waals surface area contributed by atoms with Gasteiger partial charge in [-0.3, -0.25) is 9.89 Å². The quantitative estimate of drug-likeness (QED) is 0.750. The third-order valence-corrected chi connectivity index (χ3v) is 1.35. The predicted octanol–water partition coefficient (Wildman–Crippen LogP) is 0.799. The lowest BCUT2D eigenvalue weighted by molar-refractivity contribution is -0.136. The topological polar surface area (TPSA) is 66.0 Å². The van der Waals surface area contributed by atoms with Crippen LogP contribution in [-0.4, -0.2) is 21.3 Å². The van der Waals surface area contributed by atoms with E-state index >= 15 is 0 Å². The maximum Gasteiger partial charge on any atom is 0.309 e. The minimum Gasteiger partial charge on any atom is -0.481 e. The van der Waals surface area contributed by atoms with E-state index in [0.717, 1.165) is 0 Å². The lowest BCUT2D eigenvalue weighted by Gasteiger charge is -1.85. The van der Waals surface area contributed by atoms with Gasteiger partial charge >= 0.3 is 5.97 Å². The van der Waals surface area contributed by atoms with E-state index in [-0.39, 0.29) is 6.42 Å². The first kappa shape index (κ1) is 7.27. The molecule has 0 aromatic carbocycles. The molecule has 5 heteroatoms. The van der Waals surface area contributed by atoms with Crippen molar-refractivity contribution in [1.29, 1.82) is 0 Å². The molecule has 2 N–H and O–H groups in total. The number of aromatic amines is 1. The second-order valence-electron chi connectivity index (χ2n) is 1.79. The number of carboxylic acids is 1. The number of rotatable bonds is 2. The van der Waals surface area contributed by atoms with E-state index in [9.17, 15) is 4.79 Å². The summed E-state index contributed by atoms with van der Waals surface area (Å²) in [5.41, 5.74) is 0.597. The Morgan fingerprint density at radius 3 is 3.00 bits per heavy atom. The van der Waals surface area contributed by atoms with Crippen molar-refractivity contribution in [1.82, 2.24) is 10.2 Å². The fourth-order valence-corrected chi connectivity index (χ4v) is 0.952. The summed E-state index contributed by atoms with van der Waals surface area (Å²) in [6.45, 7) is 0. The molecule has 0 atom stereocenters. The van der Waals surface area contributed by atoms with Gasteiger partial charge in [-0.15, -0.1) is 0 Å². The van der Waals surface area contributed by atoms with Crippen LogP contribution in [0.5, 0.6) is 0 Å². The molecule has 0 aliphatic carbocycles. The van der Waals surface area contributed by atoms with Crippen molar-refractivity contribution in [2.24, 2.45) is 0 Å². The number of H-pyrrole nitrogens is 1. The second kappa shape index (κ2) is 2.83. The lowest BCUT2D eigenvalue weighted by Crippen LogP contribution is -1.99. The highest BCUT2D eigenvalue weighted by Crippen LogP contribution is 2.06. The molecule has 0 aliphatic heterocycles. The first-order chi connectivity index (χ1) is 4.68. The van der Waals surface area contributed by atoms with E-state index in [1.165, 1.54) is 0 Å². The summed E-state index contributed by atoms with van der Waals surface area (Å²) in [6, 6.07) is 1.63. The summed E-state index contributed by atoms with van der Waals surface area (Å²) < 4.78 is 0.628. The van der Waals surface area contributed by atoms with Gasteiger partial charge in [0.25, 0.3) is 0 Å². The molecule has 0 bridgehead atoms. The van der Waals surface area contributed by atoms with Gasteiger partial charge in [0.05, 0.1) is 6.42 Å². The first-order valence-electron chi connectivity index (χ1n) is 2.60. The van der Waals surface area contributed by atoms with Crippen LogP contribution in [0.1, 0.15) is 5.69 Å². The molecule has 1 aromatic rings. The largest absolute Gasteiger partial charge is 0.481 e. The average Bonchev–Trinajstić information content (AvgIpc) is 2.13. The van der Waals surface area contributed by atoms with Crippen molar-refractivity contribution in [2.45, 2.75) is 6.42 Å². The Morgan fingerprint density at radius 1 is 1.90 bits per heavy atom. The van der Waals surface area contributed by atoms with Gasteiger partial charge in [0.15, 0.2) is 0 Å². The Kier molecular flexibility index (Phi) is 2.06. The number of aromatic nitrogens is 2. The fraction of sp³-hybridized carbons (Fsp3) is 0.200. The zero-order chi connectivity index (χ0) is 7.56. The predicted molar refractivity (Wildman–Crippen MR) is 37.6 cm³/mol. The molecule has 0 radical (unpaired) electrons. The van der Waals surface area contributed by atoms with Crippen molar-refractivity contribution in [3.63, 3.8) is 0 Å². The first-order valence-corrected chi connectivity index (χ1v) is 3.39.